The number of ether oxygens (including phenoxy) is 1. The molecule has 188 valence electrons. The van der Waals surface area contributed by atoms with E-state index >= 15 is 0 Å². The maximum absolute atomic E-state index is 13.3. The van der Waals surface area contributed by atoms with Gasteiger partial charge in [0.1, 0.15) is 11.5 Å². The third-order valence-corrected chi connectivity index (χ3v) is 6.24. The molecule has 1 unspecified atom stereocenters. The first-order valence-electron chi connectivity index (χ1n) is 12.1. The quantitative estimate of drug-likeness (QED) is 0.279. The van der Waals surface area contributed by atoms with Crippen LogP contribution in [0.25, 0.3) is 11.4 Å². The molecule has 1 saturated heterocycles. The van der Waals surface area contributed by atoms with Crippen LogP contribution >= 0.6 is 0 Å². The van der Waals surface area contributed by atoms with Crippen molar-refractivity contribution in [3.63, 3.8) is 0 Å². The summed E-state index contributed by atoms with van der Waals surface area (Å²) in [6.45, 7) is 5.31. The lowest BCUT2D eigenvalue weighted by Gasteiger charge is -2.26. The summed E-state index contributed by atoms with van der Waals surface area (Å²) >= 11 is 0. The molecule has 0 aliphatic carbocycles. The molecular weight excluding hydrogens is 456 g/mol. The highest BCUT2D eigenvalue weighted by Crippen LogP contribution is 2.40. The lowest BCUT2D eigenvalue weighted by atomic mass is 9.95. The average molecular weight is 489 g/mol. The smallest absolute Gasteiger partial charge is 0.295 e. The maximum atomic E-state index is 13.3. The van der Waals surface area contributed by atoms with Crippen molar-refractivity contribution in [3.8, 4) is 11.4 Å². The SMILES string of the molecule is CCCOc1cccc(C2/C(=C(\O)c3cnn(-c4ccccc4)c3C)C(=O)C(=O)N2CCN(C)C)c1. The molecule has 36 heavy (non-hydrogen) atoms. The van der Waals surface area contributed by atoms with Crippen LogP contribution in [-0.2, 0) is 9.59 Å². The van der Waals surface area contributed by atoms with Crippen molar-refractivity contribution in [1.29, 1.82) is 0 Å². The molecular formula is C28H32N4O4. The van der Waals surface area contributed by atoms with Crippen LogP contribution in [0.15, 0.2) is 66.4 Å². The molecule has 0 radical (unpaired) electrons. The summed E-state index contributed by atoms with van der Waals surface area (Å²) in [4.78, 5) is 30.0. The van der Waals surface area contributed by atoms with E-state index in [0.29, 0.717) is 42.3 Å². The molecule has 0 bridgehead atoms. The van der Waals surface area contributed by atoms with E-state index in [9.17, 15) is 14.7 Å². The minimum atomic E-state index is -0.741. The number of likely N-dealkylation sites (N-methyl/N-ethyl adjacent to an activating group) is 1. The number of benzene rings is 2. The number of carbonyl (C=O) groups is 2. The summed E-state index contributed by atoms with van der Waals surface area (Å²) in [6.07, 6.45) is 2.39. The van der Waals surface area contributed by atoms with Gasteiger partial charge in [-0.05, 0) is 57.3 Å². The second-order valence-electron chi connectivity index (χ2n) is 9.11. The summed E-state index contributed by atoms with van der Waals surface area (Å²) in [5.41, 5.74) is 2.67. The molecule has 1 aromatic heterocycles. The molecule has 1 N–H and O–H groups in total. The second kappa shape index (κ2) is 10.8. The Morgan fingerprint density at radius 3 is 2.56 bits per heavy atom. The normalized spacial score (nSPS) is 17.2. The van der Waals surface area contributed by atoms with Gasteiger partial charge < -0.3 is 19.6 Å². The summed E-state index contributed by atoms with van der Waals surface area (Å²) in [7, 11) is 3.82. The lowest BCUT2D eigenvalue weighted by molar-refractivity contribution is -0.140. The number of nitrogens with zero attached hydrogens (tertiary/aromatic N) is 4. The number of aliphatic hydroxyl groups is 1. The number of hydrogen-bond acceptors (Lipinski definition) is 6. The zero-order valence-electron chi connectivity index (χ0n) is 21.1. The van der Waals surface area contributed by atoms with E-state index in [1.54, 1.807) is 4.68 Å². The van der Waals surface area contributed by atoms with Crippen molar-refractivity contribution in [2.24, 2.45) is 0 Å². The number of ketones is 1. The number of likely N-dealkylation sites (tertiary alicyclic amines) is 1. The number of aliphatic hydroxyl groups excluding tert-OH is 1. The highest BCUT2D eigenvalue weighted by atomic mass is 16.5. The van der Waals surface area contributed by atoms with Crippen molar-refractivity contribution < 1.29 is 19.4 Å². The summed E-state index contributed by atoms with van der Waals surface area (Å²) < 4.78 is 7.51. The Morgan fingerprint density at radius 2 is 1.86 bits per heavy atom. The Morgan fingerprint density at radius 1 is 1.11 bits per heavy atom. The van der Waals surface area contributed by atoms with Crippen molar-refractivity contribution in [2.45, 2.75) is 26.3 Å². The monoisotopic (exact) mass is 488 g/mol. The number of rotatable bonds is 9. The van der Waals surface area contributed by atoms with E-state index in [2.05, 4.69) is 5.10 Å². The fourth-order valence-electron chi connectivity index (χ4n) is 4.38. The van der Waals surface area contributed by atoms with Gasteiger partial charge in [-0.15, -0.1) is 0 Å². The van der Waals surface area contributed by atoms with Crippen LogP contribution in [0.2, 0.25) is 0 Å². The van der Waals surface area contributed by atoms with Crippen molar-refractivity contribution in [1.82, 2.24) is 19.6 Å². The van der Waals surface area contributed by atoms with Crippen molar-refractivity contribution in [2.75, 3.05) is 33.8 Å². The highest BCUT2D eigenvalue weighted by Gasteiger charge is 2.46. The third kappa shape index (κ3) is 4.90. The molecule has 1 aliphatic rings. The minimum Gasteiger partial charge on any atom is -0.507 e. The maximum Gasteiger partial charge on any atom is 0.295 e. The topological polar surface area (TPSA) is 87.9 Å². The standard InChI is InChI=1S/C28H32N4O4/c1-5-16-36-22-13-9-10-20(17-22)25-24(27(34)28(35)31(25)15-14-30(3)4)26(33)23-18-29-32(19(23)2)21-11-7-6-8-12-21/h6-13,17-18,25,33H,5,14-16H2,1-4H3/b26-24+. The van der Waals surface area contributed by atoms with Gasteiger partial charge in [0.15, 0.2) is 0 Å². The molecule has 2 aromatic carbocycles. The Bertz CT molecular complexity index is 1280. The molecule has 2 heterocycles. The molecule has 4 rings (SSSR count). The number of Topliss-reactive ketones (excluding diaryl/α,β-unsaturated/α-hetero) is 1. The van der Waals surface area contributed by atoms with E-state index in [0.717, 1.165) is 12.1 Å². The van der Waals surface area contributed by atoms with Gasteiger partial charge in [-0.25, -0.2) is 4.68 Å². The van der Waals surface area contributed by atoms with Gasteiger partial charge in [0.25, 0.3) is 11.7 Å². The summed E-state index contributed by atoms with van der Waals surface area (Å²) in [5.74, 6) is -0.912. The zero-order chi connectivity index (χ0) is 25.8. The molecule has 8 heteroatoms. The largest absolute Gasteiger partial charge is 0.507 e. The Hall–Kier alpha value is -3.91. The number of para-hydroxylation sites is 1. The van der Waals surface area contributed by atoms with Crippen LogP contribution in [0.3, 0.4) is 0 Å². The molecule has 3 aromatic rings. The fraction of sp³-hybridized carbons (Fsp3) is 0.321. The lowest BCUT2D eigenvalue weighted by Crippen LogP contribution is -2.35. The van der Waals surface area contributed by atoms with Gasteiger partial charge in [0, 0.05) is 13.1 Å². The van der Waals surface area contributed by atoms with E-state index in [-0.39, 0.29) is 11.3 Å². The molecule has 0 spiro atoms. The first kappa shape index (κ1) is 25.2. The van der Waals surface area contributed by atoms with Crippen LogP contribution in [0.5, 0.6) is 5.75 Å². The molecule has 1 fully saturated rings. The first-order valence-corrected chi connectivity index (χ1v) is 12.1. The number of aromatic nitrogens is 2. The van der Waals surface area contributed by atoms with Gasteiger partial charge >= 0.3 is 0 Å². The second-order valence-corrected chi connectivity index (χ2v) is 9.11. The van der Waals surface area contributed by atoms with E-state index in [1.165, 1.54) is 11.1 Å². The van der Waals surface area contributed by atoms with Crippen molar-refractivity contribution >= 4 is 17.4 Å². The van der Waals surface area contributed by atoms with E-state index < -0.39 is 17.7 Å². The Labute approximate surface area is 211 Å². The van der Waals surface area contributed by atoms with Gasteiger partial charge in [-0.3, -0.25) is 9.59 Å². The minimum absolute atomic E-state index is 0.0575. The van der Waals surface area contributed by atoms with Crippen LogP contribution < -0.4 is 4.74 Å². The van der Waals surface area contributed by atoms with Crippen LogP contribution in [0.1, 0.15) is 36.2 Å². The molecule has 1 aliphatic heterocycles. The number of hydrogen-bond donors (Lipinski definition) is 1. The van der Waals surface area contributed by atoms with Crippen LogP contribution in [-0.4, -0.2) is 70.2 Å². The molecule has 0 saturated carbocycles. The van der Waals surface area contributed by atoms with Gasteiger partial charge in [0.05, 0.1) is 41.4 Å². The van der Waals surface area contributed by atoms with Gasteiger partial charge in [-0.2, -0.15) is 5.10 Å². The summed E-state index contributed by atoms with van der Waals surface area (Å²) in [5, 5.41) is 15.9. The molecule has 1 atom stereocenters. The van der Waals surface area contributed by atoms with Crippen LogP contribution in [0.4, 0.5) is 0 Å². The van der Waals surface area contributed by atoms with Crippen LogP contribution in [0, 0.1) is 6.92 Å². The number of amides is 1. The highest BCUT2D eigenvalue weighted by molar-refractivity contribution is 6.46. The predicted octanol–water partition coefficient (Wildman–Crippen LogP) is 3.95. The first-order chi connectivity index (χ1) is 17.3. The average Bonchev–Trinajstić information content (AvgIpc) is 3.38. The van der Waals surface area contributed by atoms with E-state index in [1.807, 2.05) is 87.4 Å². The van der Waals surface area contributed by atoms with E-state index in [4.69, 9.17) is 4.74 Å². The fourth-order valence-corrected chi connectivity index (χ4v) is 4.38. The predicted molar refractivity (Wildman–Crippen MR) is 138 cm³/mol. The Kier molecular flexibility index (Phi) is 7.55. The number of carbonyl (C=O) groups excluding carboxylic acids is 2. The van der Waals surface area contributed by atoms with Gasteiger partial charge in [-0.1, -0.05) is 37.3 Å². The van der Waals surface area contributed by atoms with Gasteiger partial charge in [0.2, 0.25) is 0 Å². The molecule has 8 nitrogen and oxygen atoms in total. The Balaban J connectivity index is 1.83. The van der Waals surface area contributed by atoms with Crippen molar-refractivity contribution in [3.05, 3.63) is 83.2 Å². The third-order valence-electron chi connectivity index (χ3n) is 6.24. The molecule has 1 amide bonds. The summed E-state index contributed by atoms with van der Waals surface area (Å²) in [6, 6.07) is 16.2. The zero-order valence-corrected chi connectivity index (χ0v) is 21.1.